The van der Waals surface area contributed by atoms with Crippen molar-refractivity contribution in [1.29, 1.82) is 0 Å². The highest BCUT2D eigenvalue weighted by atomic mass is 28.3. The van der Waals surface area contributed by atoms with Gasteiger partial charge in [0, 0.05) is 17.7 Å². The van der Waals surface area contributed by atoms with Crippen LogP contribution in [0.5, 0.6) is 0 Å². The summed E-state index contributed by atoms with van der Waals surface area (Å²) in [5, 5.41) is 2.91. The molecule has 0 radical (unpaired) electrons. The minimum absolute atomic E-state index is 0.0368. The van der Waals surface area contributed by atoms with Gasteiger partial charge in [0.2, 0.25) is 5.91 Å². The van der Waals surface area contributed by atoms with Gasteiger partial charge in [-0.3, -0.25) is 4.79 Å². The van der Waals surface area contributed by atoms with Gasteiger partial charge in [0.05, 0.1) is 0 Å². The molecule has 1 N–H and O–H groups in total. The summed E-state index contributed by atoms with van der Waals surface area (Å²) in [6, 6.07) is 17.7. The van der Waals surface area contributed by atoms with Crippen LogP contribution in [0.4, 0.5) is 5.69 Å². The zero-order chi connectivity index (χ0) is 16.7. The molecule has 2 nitrogen and oxygen atoms in total. The molecular weight excluding hydrogens is 298 g/mol. The van der Waals surface area contributed by atoms with E-state index in [-0.39, 0.29) is 5.91 Å². The fourth-order valence-electron chi connectivity index (χ4n) is 2.07. The average molecular weight is 321 g/mol. The van der Waals surface area contributed by atoms with Crippen molar-refractivity contribution in [1.82, 2.24) is 0 Å². The van der Waals surface area contributed by atoms with Gasteiger partial charge < -0.3 is 5.32 Å². The van der Waals surface area contributed by atoms with Crippen LogP contribution in [-0.4, -0.2) is 14.0 Å². The van der Waals surface area contributed by atoms with Crippen LogP contribution >= 0.6 is 0 Å². The van der Waals surface area contributed by atoms with E-state index >= 15 is 0 Å². The molecule has 0 unspecified atom stereocenters. The molecule has 0 bridgehead atoms. The van der Waals surface area contributed by atoms with Gasteiger partial charge in [-0.25, -0.2) is 0 Å². The summed E-state index contributed by atoms with van der Waals surface area (Å²) in [6.45, 7) is 6.70. The van der Waals surface area contributed by atoms with E-state index < -0.39 is 8.07 Å². The van der Waals surface area contributed by atoms with Gasteiger partial charge in [0.1, 0.15) is 8.07 Å². The molecule has 2 rings (SSSR count). The number of amides is 1. The van der Waals surface area contributed by atoms with Crippen molar-refractivity contribution in [3.8, 4) is 11.5 Å². The molecule has 1 amide bonds. The van der Waals surface area contributed by atoms with Gasteiger partial charge in [0.15, 0.2) is 0 Å². The normalized spacial score (nSPS) is 10.6. The van der Waals surface area contributed by atoms with Crippen molar-refractivity contribution in [2.24, 2.45) is 0 Å². The Balaban J connectivity index is 1.93. The highest BCUT2D eigenvalue weighted by molar-refractivity contribution is 6.83. The third-order valence-corrected chi connectivity index (χ3v) is 4.08. The first-order valence-corrected chi connectivity index (χ1v) is 11.4. The molecule has 0 aliphatic rings. The predicted octanol–water partition coefficient (Wildman–Crippen LogP) is 4.49. The standard InChI is InChI=1S/C20H23NOSi/c1-23(2,3)15-14-18-9-7-8-17(16-18)12-13-20(22)21-19-10-5-4-6-11-19/h4-11,16H,12-13H2,1-3H3,(H,21,22). The first-order chi connectivity index (χ1) is 10.9. The number of rotatable bonds is 4. The first-order valence-electron chi connectivity index (χ1n) is 7.89. The third kappa shape index (κ3) is 6.54. The summed E-state index contributed by atoms with van der Waals surface area (Å²) in [6.07, 6.45) is 1.20. The van der Waals surface area contributed by atoms with Gasteiger partial charge in [-0.2, -0.15) is 0 Å². The zero-order valence-electron chi connectivity index (χ0n) is 14.0. The smallest absolute Gasteiger partial charge is 0.224 e. The van der Waals surface area contributed by atoms with Crippen molar-refractivity contribution in [2.75, 3.05) is 5.32 Å². The second-order valence-corrected chi connectivity index (χ2v) is 11.4. The van der Waals surface area contributed by atoms with E-state index in [0.717, 1.165) is 23.2 Å². The number of carbonyl (C=O) groups is 1. The number of carbonyl (C=O) groups excluding carboxylic acids is 1. The second kappa shape index (κ2) is 7.80. The van der Waals surface area contributed by atoms with Crippen molar-refractivity contribution in [3.63, 3.8) is 0 Å². The van der Waals surface area contributed by atoms with Gasteiger partial charge in [-0.05, 0) is 36.2 Å². The van der Waals surface area contributed by atoms with E-state index in [1.54, 1.807) is 0 Å². The van der Waals surface area contributed by atoms with Gasteiger partial charge in [0.25, 0.3) is 0 Å². The summed E-state index contributed by atoms with van der Waals surface area (Å²) in [5.41, 5.74) is 6.40. The molecule has 0 aliphatic heterocycles. The maximum Gasteiger partial charge on any atom is 0.224 e. The number of hydrogen-bond acceptors (Lipinski definition) is 1. The van der Waals surface area contributed by atoms with Crippen molar-refractivity contribution >= 4 is 19.7 Å². The average Bonchev–Trinajstić information content (AvgIpc) is 2.52. The molecule has 0 aliphatic carbocycles. The Morgan fingerprint density at radius 2 is 1.78 bits per heavy atom. The van der Waals surface area contributed by atoms with Gasteiger partial charge >= 0.3 is 0 Å². The number of anilines is 1. The Kier molecular flexibility index (Phi) is 5.78. The summed E-state index contributed by atoms with van der Waals surface area (Å²) >= 11 is 0. The third-order valence-electron chi connectivity index (χ3n) is 3.21. The number of para-hydroxylation sites is 1. The van der Waals surface area contributed by atoms with Crippen LogP contribution < -0.4 is 5.32 Å². The summed E-state index contributed by atoms with van der Waals surface area (Å²) < 4.78 is 0. The molecule has 0 atom stereocenters. The minimum Gasteiger partial charge on any atom is -0.326 e. The van der Waals surface area contributed by atoms with E-state index in [1.807, 2.05) is 42.5 Å². The van der Waals surface area contributed by atoms with Crippen LogP contribution in [0.15, 0.2) is 54.6 Å². The quantitative estimate of drug-likeness (QED) is 0.652. The Bertz CT molecular complexity index is 721. The lowest BCUT2D eigenvalue weighted by Gasteiger charge is -2.06. The summed E-state index contributed by atoms with van der Waals surface area (Å²) in [5.74, 6) is 3.30. The summed E-state index contributed by atoms with van der Waals surface area (Å²) in [7, 11) is -1.36. The fraction of sp³-hybridized carbons (Fsp3) is 0.250. The topological polar surface area (TPSA) is 29.1 Å². The van der Waals surface area contributed by atoms with Crippen molar-refractivity contribution in [2.45, 2.75) is 32.5 Å². The molecule has 2 aromatic carbocycles. The van der Waals surface area contributed by atoms with E-state index in [0.29, 0.717) is 6.42 Å². The number of aryl methyl sites for hydroxylation is 1. The molecule has 0 spiro atoms. The van der Waals surface area contributed by atoms with Crippen molar-refractivity contribution < 1.29 is 4.79 Å². The predicted molar refractivity (Wildman–Crippen MR) is 100 cm³/mol. The number of benzene rings is 2. The van der Waals surface area contributed by atoms with Crippen LogP contribution in [0.25, 0.3) is 0 Å². The number of nitrogens with one attached hydrogen (secondary N) is 1. The van der Waals surface area contributed by atoms with E-state index in [9.17, 15) is 4.79 Å². The molecule has 2 aromatic rings. The van der Waals surface area contributed by atoms with Gasteiger partial charge in [-0.1, -0.05) is 55.9 Å². The molecule has 0 fully saturated rings. The molecule has 0 saturated heterocycles. The number of hydrogen-bond donors (Lipinski definition) is 1. The minimum atomic E-state index is -1.36. The molecule has 0 saturated carbocycles. The van der Waals surface area contributed by atoms with Crippen LogP contribution in [-0.2, 0) is 11.2 Å². The highest BCUT2D eigenvalue weighted by Gasteiger charge is 2.07. The highest BCUT2D eigenvalue weighted by Crippen LogP contribution is 2.10. The second-order valence-electron chi connectivity index (χ2n) is 6.61. The monoisotopic (exact) mass is 321 g/mol. The molecule has 0 heterocycles. The molecule has 118 valence electrons. The molecular formula is C20H23NOSi. The van der Waals surface area contributed by atoms with Crippen LogP contribution in [0.3, 0.4) is 0 Å². The van der Waals surface area contributed by atoms with Gasteiger partial charge in [-0.15, -0.1) is 5.54 Å². The van der Waals surface area contributed by atoms with E-state index in [4.69, 9.17) is 0 Å². The van der Waals surface area contributed by atoms with Crippen LogP contribution in [0.2, 0.25) is 19.6 Å². The zero-order valence-corrected chi connectivity index (χ0v) is 15.0. The largest absolute Gasteiger partial charge is 0.326 e. The fourth-order valence-corrected chi connectivity index (χ4v) is 2.59. The maximum absolute atomic E-state index is 12.0. The lowest BCUT2D eigenvalue weighted by Crippen LogP contribution is -2.16. The molecule has 23 heavy (non-hydrogen) atoms. The molecule has 0 aromatic heterocycles. The van der Waals surface area contributed by atoms with Crippen molar-refractivity contribution in [3.05, 3.63) is 65.7 Å². The first kappa shape index (κ1) is 17.0. The Hall–Kier alpha value is -2.31. The lowest BCUT2D eigenvalue weighted by atomic mass is 10.1. The van der Waals surface area contributed by atoms with E-state index in [2.05, 4.69) is 48.6 Å². The molecule has 3 heteroatoms. The summed E-state index contributed by atoms with van der Waals surface area (Å²) in [4.78, 5) is 12.0. The van der Waals surface area contributed by atoms with Crippen LogP contribution in [0.1, 0.15) is 17.5 Å². The lowest BCUT2D eigenvalue weighted by molar-refractivity contribution is -0.116. The Morgan fingerprint density at radius 3 is 2.48 bits per heavy atom. The maximum atomic E-state index is 12.0. The Labute approximate surface area is 139 Å². The SMILES string of the molecule is C[Si](C)(C)C#Cc1cccc(CCC(=O)Nc2ccccc2)c1. The van der Waals surface area contributed by atoms with E-state index in [1.165, 1.54) is 0 Å². The Morgan fingerprint density at radius 1 is 1.04 bits per heavy atom. The van der Waals surface area contributed by atoms with Crippen LogP contribution in [0, 0.1) is 11.5 Å².